The number of rotatable bonds is 5. The van der Waals surface area contributed by atoms with Gasteiger partial charge in [0.1, 0.15) is 5.75 Å². The van der Waals surface area contributed by atoms with Gasteiger partial charge in [0.25, 0.3) is 5.91 Å². The Hall–Kier alpha value is -3.15. The van der Waals surface area contributed by atoms with Crippen molar-refractivity contribution < 1.29 is 13.9 Å². The molecular formula is C19H19N3O3. The minimum atomic E-state index is -0.321. The number of carbonyl (C=O) groups excluding carboxylic acids is 1. The maximum Gasteiger partial charge on any atom is 0.322 e. The Morgan fingerprint density at radius 2 is 1.84 bits per heavy atom. The number of hydrogen-bond donors (Lipinski definition) is 1. The number of carbonyl (C=O) groups is 1. The zero-order valence-corrected chi connectivity index (χ0v) is 14.4. The summed E-state index contributed by atoms with van der Waals surface area (Å²) >= 11 is 0. The van der Waals surface area contributed by atoms with Crippen molar-refractivity contribution in [2.75, 3.05) is 11.9 Å². The first-order valence-corrected chi connectivity index (χ1v) is 8.02. The monoisotopic (exact) mass is 337 g/mol. The third kappa shape index (κ3) is 3.85. The quantitative estimate of drug-likeness (QED) is 0.761. The number of benzene rings is 2. The zero-order valence-electron chi connectivity index (χ0n) is 14.4. The molecule has 0 spiro atoms. The molecule has 0 atom stereocenters. The van der Waals surface area contributed by atoms with E-state index in [9.17, 15) is 4.79 Å². The Bertz CT molecular complexity index is 885. The van der Waals surface area contributed by atoms with Crippen molar-refractivity contribution in [1.82, 2.24) is 10.2 Å². The normalized spacial score (nSPS) is 10.5. The minimum Gasteiger partial charge on any atom is -0.494 e. The summed E-state index contributed by atoms with van der Waals surface area (Å²) in [6.07, 6.45) is 0. The van der Waals surface area contributed by atoms with Crippen LogP contribution in [0, 0.1) is 13.8 Å². The van der Waals surface area contributed by atoms with E-state index < -0.39 is 0 Å². The first-order valence-electron chi connectivity index (χ1n) is 8.02. The van der Waals surface area contributed by atoms with E-state index >= 15 is 0 Å². The molecule has 1 aromatic heterocycles. The molecule has 6 nitrogen and oxygen atoms in total. The molecule has 0 radical (unpaired) electrons. The number of hydrogen-bond acceptors (Lipinski definition) is 5. The van der Waals surface area contributed by atoms with Crippen LogP contribution >= 0.6 is 0 Å². The second kappa shape index (κ2) is 7.17. The molecule has 1 amide bonds. The fraction of sp³-hybridized carbons (Fsp3) is 0.211. The van der Waals surface area contributed by atoms with E-state index in [2.05, 4.69) is 15.5 Å². The lowest BCUT2D eigenvalue weighted by atomic mass is 10.1. The van der Waals surface area contributed by atoms with Gasteiger partial charge in [-0.15, -0.1) is 5.10 Å². The summed E-state index contributed by atoms with van der Waals surface area (Å²) in [4.78, 5) is 12.2. The highest BCUT2D eigenvalue weighted by Gasteiger charge is 2.13. The molecule has 3 rings (SSSR count). The topological polar surface area (TPSA) is 77.2 Å². The highest BCUT2D eigenvalue weighted by molar-refractivity contribution is 6.03. The molecule has 0 aliphatic heterocycles. The number of aryl methyl sites for hydroxylation is 2. The molecule has 0 saturated heterocycles. The summed E-state index contributed by atoms with van der Waals surface area (Å²) in [7, 11) is 0. The van der Waals surface area contributed by atoms with E-state index in [1.54, 1.807) is 24.3 Å². The third-order valence-corrected chi connectivity index (χ3v) is 3.83. The standard InChI is InChI=1S/C19H19N3O3/c1-4-24-16-9-7-14(8-10-16)17(23)20-19-22-21-18(25-19)15-6-5-12(2)13(3)11-15/h5-11H,4H2,1-3H3,(H,20,22,23). The Morgan fingerprint density at radius 3 is 2.52 bits per heavy atom. The van der Waals surface area contributed by atoms with Crippen LogP contribution in [-0.4, -0.2) is 22.7 Å². The van der Waals surface area contributed by atoms with Crippen LogP contribution in [0.5, 0.6) is 5.75 Å². The smallest absolute Gasteiger partial charge is 0.322 e. The molecule has 128 valence electrons. The average Bonchev–Trinajstić information content (AvgIpc) is 3.07. The Morgan fingerprint density at radius 1 is 1.08 bits per heavy atom. The number of nitrogens with zero attached hydrogens (tertiary/aromatic N) is 2. The molecule has 1 N–H and O–H groups in total. The number of anilines is 1. The number of aromatic nitrogens is 2. The number of amides is 1. The molecule has 0 aliphatic carbocycles. The van der Waals surface area contributed by atoms with Crippen LogP contribution in [0.4, 0.5) is 6.01 Å². The van der Waals surface area contributed by atoms with Crippen molar-refractivity contribution in [3.05, 3.63) is 59.2 Å². The van der Waals surface area contributed by atoms with Crippen LogP contribution in [0.1, 0.15) is 28.4 Å². The van der Waals surface area contributed by atoms with E-state index in [1.165, 1.54) is 5.56 Å². The Kier molecular flexibility index (Phi) is 4.79. The predicted molar refractivity (Wildman–Crippen MR) is 94.8 cm³/mol. The fourth-order valence-corrected chi connectivity index (χ4v) is 2.30. The van der Waals surface area contributed by atoms with E-state index in [0.29, 0.717) is 23.8 Å². The van der Waals surface area contributed by atoms with Crippen molar-refractivity contribution in [2.45, 2.75) is 20.8 Å². The van der Waals surface area contributed by atoms with Gasteiger partial charge >= 0.3 is 6.01 Å². The highest BCUT2D eigenvalue weighted by atomic mass is 16.5. The van der Waals surface area contributed by atoms with Crippen molar-refractivity contribution >= 4 is 11.9 Å². The zero-order chi connectivity index (χ0) is 17.8. The summed E-state index contributed by atoms with van der Waals surface area (Å²) in [6, 6.07) is 12.8. The van der Waals surface area contributed by atoms with Gasteiger partial charge in [0.05, 0.1) is 6.61 Å². The largest absolute Gasteiger partial charge is 0.494 e. The average molecular weight is 337 g/mol. The summed E-state index contributed by atoms with van der Waals surface area (Å²) in [6.45, 7) is 6.54. The summed E-state index contributed by atoms with van der Waals surface area (Å²) < 4.78 is 10.9. The van der Waals surface area contributed by atoms with Crippen molar-refractivity contribution in [3.8, 4) is 17.2 Å². The van der Waals surface area contributed by atoms with Crippen molar-refractivity contribution in [2.24, 2.45) is 0 Å². The molecule has 0 fully saturated rings. The van der Waals surface area contributed by atoms with Gasteiger partial charge < -0.3 is 9.15 Å². The van der Waals surface area contributed by atoms with Gasteiger partial charge in [-0.25, -0.2) is 0 Å². The first kappa shape index (κ1) is 16.7. The molecule has 0 bridgehead atoms. The van der Waals surface area contributed by atoms with Crippen LogP contribution in [-0.2, 0) is 0 Å². The van der Waals surface area contributed by atoms with Crippen molar-refractivity contribution in [1.29, 1.82) is 0 Å². The van der Waals surface area contributed by atoms with Gasteiger partial charge in [-0.2, -0.15) is 0 Å². The second-order valence-electron chi connectivity index (χ2n) is 5.62. The summed E-state index contributed by atoms with van der Waals surface area (Å²) in [5.41, 5.74) is 3.62. The molecule has 6 heteroatoms. The van der Waals surface area contributed by atoms with Gasteiger partial charge in [0.2, 0.25) is 5.89 Å². The fourth-order valence-electron chi connectivity index (χ4n) is 2.30. The van der Waals surface area contributed by atoms with E-state index in [1.807, 2.05) is 39.0 Å². The van der Waals surface area contributed by atoms with Crippen molar-refractivity contribution in [3.63, 3.8) is 0 Å². The van der Waals surface area contributed by atoms with E-state index in [-0.39, 0.29) is 11.9 Å². The van der Waals surface area contributed by atoms with Gasteiger partial charge in [-0.3, -0.25) is 10.1 Å². The van der Waals surface area contributed by atoms with Crippen LogP contribution in [0.15, 0.2) is 46.9 Å². The minimum absolute atomic E-state index is 0.0621. The van der Waals surface area contributed by atoms with Crippen LogP contribution in [0.2, 0.25) is 0 Å². The van der Waals surface area contributed by atoms with Crippen LogP contribution < -0.4 is 10.1 Å². The lowest BCUT2D eigenvalue weighted by Gasteiger charge is -2.04. The molecular weight excluding hydrogens is 318 g/mol. The van der Waals surface area contributed by atoms with E-state index in [0.717, 1.165) is 11.1 Å². The molecule has 1 heterocycles. The van der Waals surface area contributed by atoms with Crippen LogP contribution in [0.3, 0.4) is 0 Å². The molecule has 25 heavy (non-hydrogen) atoms. The lowest BCUT2D eigenvalue weighted by Crippen LogP contribution is -2.12. The highest BCUT2D eigenvalue weighted by Crippen LogP contribution is 2.22. The SMILES string of the molecule is CCOc1ccc(C(=O)Nc2nnc(-c3ccc(C)c(C)c3)o2)cc1. The second-order valence-corrected chi connectivity index (χ2v) is 5.62. The van der Waals surface area contributed by atoms with Gasteiger partial charge in [0.15, 0.2) is 0 Å². The van der Waals surface area contributed by atoms with Gasteiger partial charge in [-0.05, 0) is 68.3 Å². The Labute approximate surface area is 145 Å². The molecule has 2 aromatic carbocycles. The molecule has 0 unspecified atom stereocenters. The predicted octanol–water partition coefficient (Wildman–Crippen LogP) is 4.00. The van der Waals surface area contributed by atoms with Gasteiger partial charge in [-0.1, -0.05) is 11.2 Å². The summed E-state index contributed by atoms with van der Waals surface area (Å²) in [5.74, 6) is 0.761. The first-order chi connectivity index (χ1) is 12.1. The third-order valence-electron chi connectivity index (χ3n) is 3.83. The Balaban J connectivity index is 1.72. The molecule has 3 aromatic rings. The van der Waals surface area contributed by atoms with Gasteiger partial charge in [0, 0.05) is 11.1 Å². The maximum atomic E-state index is 12.2. The number of ether oxygens (including phenoxy) is 1. The summed E-state index contributed by atoms with van der Waals surface area (Å²) in [5, 5.41) is 10.5. The van der Waals surface area contributed by atoms with E-state index in [4.69, 9.17) is 9.15 Å². The maximum absolute atomic E-state index is 12.2. The lowest BCUT2D eigenvalue weighted by molar-refractivity contribution is 0.102. The number of nitrogens with one attached hydrogen (secondary N) is 1. The molecule has 0 saturated carbocycles. The van der Waals surface area contributed by atoms with Crippen LogP contribution in [0.25, 0.3) is 11.5 Å². The molecule has 0 aliphatic rings.